The number of para-hydroxylation sites is 1. The van der Waals surface area contributed by atoms with Crippen molar-refractivity contribution >= 4 is 19.0 Å². The van der Waals surface area contributed by atoms with E-state index in [9.17, 15) is 18.6 Å². The summed E-state index contributed by atoms with van der Waals surface area (Å²) >= 11 is 0. The van der Waals surface area contributed by atoms with Crippen molar-refractivity contribution in [3.63, 3.8) is 0 Å². The maximum Gasteiger partial charge on any atom is 0.399 e. The molecular formula is C13H12F2NO4P. The van der Waals surface area contributed by atoms with Gasteiger partial charge in [0.15, 0.2) is 0 Å². The lowest BCUT2D eigenvalue weighted by Crippen LogP contribution is -2.15. The molecule has 21 heavy (non-hydrogen) atoms. The van der Waals surface area contributed by atoms with E-state index < -0.39 is 18.8 Å². The fraction of sp³-hybridized carbons (Fsp3) is 0.0769. The Morgan fingerprint density at radius 1 is 0.905 bits per heavy atom. The SMILES string of the molecule is O=P(O)(O)C(F)(F)c1ccc(N(O)c2ccccc2)cc1. The summed E-state index contributed by atoms with van der Waals surface area (Å²) in [7, 11) is -5.60. The van der Waals surface area contributed by atoms with Gasteiger partial charge >= 0.3 is 13.3 Å². The molecule has 0 aliphatic rings. The second kappa shape index (κ2) is 5.54. The molecule has 0 aromatic heterocycles. The highest BCUT2D eigenvalue weighted by Crippen LogP contribution is 2.59. The van der Waals surface area contributed by atoms with E-state index in [2.05, 4.69) is 0 Å². The van der Waals surface area contributed by atoms with Crippen LogP contribution in [0.5, 0.6) is 0 Å². The maximum absolute atomic E-state index is 13.5. The number of alkyl halides is 2. The van der Waals surface area contributed by atoms with Crippen LogP contribution < -0.4 is 5.06 Å². The van der Waals surface area contributed by atoms with Gasteiger partial charge in [0.25, 0.3) is 0 Å². The first-order chi connectivity index (χ1) is 9.73. The maximum atomic E-state index is 13.5. The van der Waals surface area contributed by atoms with Crippen LogP contribution in [0.15, 0.2) is 54.6 Å². The summed E-state index contributed by atoms with van der Waals surface area (Å²) in [6.45, 7) is 0. The van der Waals surface area contributed by atoms with Gasteiger partial charge in [-0.3, -0.25) is 9.77 Å². The molecule has 112 valence electrons. The molecule has 5 nitrogen and oxygen atoms in total. The van der Waals surface area contributed by atoms with E-state index in [4.69, 9.17) is 9.79 Å². The minimum atomic E-state index is -5.60. The Balaban J connectivity index is 2.30. The average Bonchev–Trinajstić information content (AvgIpc) is 2.46. The van der Waals surface area contributed by atoms with Crippen LogP contribution in [0.4, 0.5) is 20.2 Å². The summed E-state index contributed by atoms with van der Waals surface area (Å²) in [6.07, 6.45) is 0. The molecule has 8 heteroatoms. The first-order valence-corrected chi connectivity index (χ1v) is 7.43. The number of hydrogen-bond donors (Lipinski definition) is 3. The van der Waals surface area contributed by atoms with Crippen molar-refractivity contribution < 1.29 is 28.3 Å². The van der Waals surface area contributed by atoms with Gasteiger partial charge in [0.1, 0.15) is 0 Å². The van der Waals surface area contributed by atoms with E-state index in [1.807, 2.05) is 0 Å². The molecule has 0 amide bonds. The summed E-state index contributed by atoms with van der Waals surface area (Å²) in [5, 5.41) is 10.7. The number of nitrogens with zero attached hydrogens (tertiary/aromatic N) is 1. The van der Waals surface area contributed by atoms with Gasteiger partial charge in [0, 0.05) is 5.56 Å². The third-order valence-electron chi connectivity index (χ3n) is 2.83. The zero-order valence-corrected chi connectivity index (χ0v) is 11.5. The van der Waals surface area contributed by atoms with E-state index in [1.165, 1.54) is 0 Å². The second-order valence-corrected chi connectivity index (χ2v) is 5.93. The van der Waals surface area contributed by atoms with Crippen LogP contribution in [0.1, 0.15) is 5.56 Å². The summed E-state index contributed by atoms with van der Waals surface area (Å²) in [4.78, 5) is 17.3. The van der Waals surface area contributed by atoms with Gasteiger partial charge in [-0.1, -0.05) is 30.3 Å². The van der Waals surface area contributed by atoms with Crippen LogP contribution in [0, 0.1) is 0 Å². The average molecular weight is 315 g/mol. The molecule has 2 aromatic carbocycles. The Morgan fingerprint density at radius 2 is 1.38 bits per heavy atom. The number of rotatable bonds is 4. The Labute approximate surface area is 119 Å². The number of hydrogen-bond acceptors (Lipinski definition) is 3. The standard InChI is InChI=1S/C13H12F2NO4P/c14-13(15,21(18,19)20)10-6-8-12(9-7-10)16(17)11-4-2-1-3-5-11/h1-9,17H,(H2,18,19,20). The van der Waals surface area contributed by atoms with E-state index >= 15 is 0 Å². The number of halogens is 2. The summed E-state index contributed by atoms with van der Waals surface area (Å²) < 4.78 is 37.7. The third kappa shape index (κ3) is 3.11. The van der Waals surface area contributed by atoms with Crippen molar-refractivity contribution in [2.75, 3.05) is 5.06 Å². The minimum absolute atomic E-state index is 0.187. The van der Waals surface area contributed by atoms with Crippen molar-refractivity contribution in [3.8, 4) is 0 Å². The van der Waals surface area contributed by atoms with Gasteiger partial charge in [0.05, 0.1) is 11.4 Å². The van der Waals surface area contributed by atoms with Crippen molar-refractivity contribution in [2.45, 2.75) is 5.66 Å². The lowest BCUT2D eigenvalue weighted by atomic mass is 10.2. The lowest BCUT2D eigenvalue weighted by Gasteiger charge is -2.20. The molecule has 0 saturated heterocycles. The smallest absolute Gasteiger partial charge is 0.320 e. The molecule has 3 N–H and O–H groups in total. The molecule has 0 atom stereocenters. The molecule has 0 aliphatic heterocycles. The Bertz CT molecular complexity index is 658. The predicted octanol–water partition coefficient (Wildman–Crippen LogP) is 3.44. The molecule has 0 radical (unpaired) electrons. The second-order valence-electron chi connectivity index (χ2n) is 4.28. The molecule has 0 saturated carbocycles. The van der Waals surface area contributed by atoms with Gasteiger partial charge in [-0.05, 0) is 24.3 Å². The van der Waals surface area contributed by atoms with Crippen LogP contribution in [-0.4, -0.2) is 15.0 Å². The summed E-state index contributed by atoms with van der Waals surface area (Å²) in [5.74, 6) is 0. The largest absolute Gasteiger partial charge is 0.399 e. The normalized spacial score (nSPS) is 12.2. The van der Waals surface area contributed by atoms with E-state index in [-0.39, 0.29) is 5.69 Å². The van der Waals surface area contributed by atoms with E-state index in [0.717, 1.165) is 29.3 Å². The molecule has 0 heterocycles. The molecule has 2 aromatic rings. The highest BCUT2D eigenvalue weighted by molar-refractivity contribution is 7.52. The van der Waals surface area contributed by atoms with Crippen LogP contribution in [0.3, 0.4) is 0 Å². The Morgan fingerprint density at radius 3 is 1.86 bits per heavy atom. The van der Waals surface area contributed by atoms with Crippen LogP contribution >= 0.6 is 7.60 Å². The molecular weight excluding hydrogens is 303 g/mol. The molecule has 0 fully saturated rings. The topological polar surface area (TPSA) is 81.0 Å². The monoisotopic (exact) mass is 315 g/mol. The highest BCUT2D eigenvalue weighted by Gasteiger charge is 2.50. The molecule has 0 unspecified atom stereocenters. The van der Waals surface area contributed by atoms with Gasteiger partial charge in [-0.15, -0.1) is 0 Å². The predicted molar refractivity (Wildman–Crippen MR) is 72.7 cm³/mol. The molecule has 2 rings (SSSR count). The minimum Gasteiger partial charge on any atom is -0.320 e. The summed E-state index contributed by atoms with van der Waals surface area (Å²) in [5.41, 5.74) is -4.47. The van der Waals surface area contributed by atoms with E-state index in [0.29, 0.717) is 5.69 Å². The van der Waals surface area contributed by atoms with Crippen LogP contribution in [0.25, 0.3) is 0 Å². The van der Waals surface area contributed by atoms with Crippen molar-refractivity contribution in [3.05, 3.63) is 60.2 Å². The van der Waals surface area contributed by atoms with Gasteiger partial charge in [-0.2, -0.15) is 8.78 Å². The first kappa shape index (κ1) is 15.6. The Kier molecular flexibility index (Phi) is 4.11. The number of anilines is 2. The van der Waals surface area contributed by atoms with Gasteiger partial charge in [-0.25, -0.2) is 5.06 Å². The quantitative estimate of drug-likeness (QED) is 0.595. The van der Waals surface area contributed by atoms with Crippen LogP contribution in [0.2, 0.25) is 0 Å². The fourth-order valence-electron chi connectivity index (χ4n) is 1.69. The number of benzene rings is 2. The van der Waals surface area contributed by atoms with Crippen LogP contribution in [-0.2, 0) is 10.2 Å². The lowest BCUT2D eigenvalue weighted by molar-refractivity contribution is 0.0564. The van der Waals surface area contributed by atoms with E-state index in [1.54, 1.807) is 30.3 Å². The van der Waals surface area contributed by atoms with Crippen molar-refractivity contribution in [1.82, 2.24) is 0 Å². The zero-order chi connectivity index (χ0) is 15.7. The third-order valence-corrected chi connectivity index (χ3v) is 3.82. The summed E-state index contributed by atoms with van der Waals surface area (Å²) in [6, 6.07) is 12.4. The Hall–Kier alpha value is -1.79. The van der Waals surface area contributed by atoms with Crippen molar-refractivity contribution in [1.29, 1.82) is 0 Å². The van der Waals surface area contributed by atoms with Gasteiger partial charge in [0.2, 0.25) is 0 Å². The first-order valence-electron chi connectivity index (χ1n) is 5.81. The molecule has 0 spiro atoms. The zero-order valence-electron chi connectivity index (χ0n) is 10.6. The van der Waals surface area contributed by atoms with Gasteiger partial charge < -0.3 is 9.79 Å². The molecule has 0 bridgehead atoms. The highest BCUT2D eigenvalue weighted by atomic mass is 31.2. The molecule has 0 aliphatic carbocycles. The van der Waals surface area contributed by atoms with Crippen molar-refractivity contribution in [2.24, 2.45) is 0 Å². The fourth-order valence-corrected chi connectivity index (χ4v) is 2.18.